The Kier molecular flexibility index (Phi) is 3.67. The first-order valence-corrected chi connectivity index (χ1v) is 7.25. The van der Waals surface area contributed by atoms with E-state index in [1.165, 1.54) is 12.2 Å². The maximum Gasteiger partial charge on any atom is 0.146 e. The molecule has 1 nitrogen and oxygen atoms in total. The molecule has 17 heavy (non-hydrogen) atoms. The summed E-state index contributed by atoms with van der Waals surface area (Å²) >= 11 is 1.95. The second kappa shape index (κ2) is 4.89. The van der Waals surface area contributed by atoms with Gasteiger partial charge < -0.3 is 5.32 Å². The Morgan fingerprint density at radius 3 is 2.82 bits per heavy atom. The first-order valence-electron chi connectivity index (χ1n) is 6.09. The van der Waals surface area contributed by atoms with E-state index in [1.807, 2.05) is 30.8 Å². The van der Waals surface area contributed by atoms with Crippen LogP contribution in [0.5, 0.6) is 0 Å². The molecule has 1 N–H and O–H groups in total. The highest BCUT2D eigenvalue weighted by atomic mass is 32.2. The Balaban J connectivity index is 2.14. The zero-order valence-electron chi connectivity index (χ0n) is 10.7. The van der Waals surface area contributed by atoms with Crippen LogP contribution in [0.4, 0.5) is 10.1 Å². The highest BCUT2D eigenvalue weighted by Crippen LogP contribution is 2.36. The lowest BCUT2D eigenvalue weighted by Gasteiger charge is -2.39. The van der Waals surface area contributed by atoms with Crippen LogP contribution in [0.25, 0.3) is 0 Å². The number of aryl methyl sites for hydroxylation is 1. The molecule has 1 aromatic rings. The van der Waals surface area contributed by atoms with E-state index < -0.39 is 0 Å². The highest BCUT2D eigenvalue weighted by Gasteiger charge is 2.32. The van der Waals surface area contributed by atoms with Crippen LogP contribution in [0.2, 0.25) is 0 Å². The number of nitrogens with one attached hydrogen (secondary N) is 1. The molecule has 1 aliphatic heterocycles. The summed E-state index contributed by atoms with van der Waals surface area (Å²) < 4.78 is 13.8. The van der Waals surface area contributed by atoms with Gasteiger partial charge in [0.25, 0.3) is 0 Å². The van der Waals surface area contributed by atoms with Gasteiger partial charge in [-0.1, -0.05) is 19.9 Å². The van der Waals surface area contributed by atoms with Gasteiger partial charge in [0.2, 0.25) is 0 Å². The molecule has 94 valence electrons. The topological polar surface area (TPSA) is 12.0 Å². The summed E-state index contributed by atoms with van der Waals surface area (Å²) in [7, 11) is 0. The molecule has 1 fully saturated rings. The van der Waals surface area contributed by atoms with Gasteiger partial charge >= 0.3 is 0 Å². The molecule has 0 radical (unpaired) electrons. The van der Waals surface area contributed by atoms with Gasteiger partial charge in [-0.15, -0.1) is 0 Å². The van der Waals surface area contributed by atoms with Gasteiger partial charge in [-0.3, -0.25) is 0 Å². The third-order valence-corrected chi connectivity index (χ3v) is 4.63. The van der Waals surface area contributed by atoms with E-state index in [0.717, 1.165) is 11.3 Å². The Bertz CT molecular complexity index is 403. The van der Waals surface area contributed by atoms with Crippen molar-refractivity contribution in [2.45, 2.75) is 33.2 Å². The van der Waals surface area contributed by atoms with E-state index >= 15 is 0 Å². The normalized spacial score (nSPS) is 23.4. The molecule has 0 amide bonds. The summed E-state index contributed by atoms with van der Waals surface area (Å²) in [6, 6.07) is 5.73. The quantitative estimate of drug-likeness (QED) is 0.852. The van der Waals surface area contributed by atoms with Gasteiger partial charge in [0.05, 0.1) is 5.69 Å². The van der Waals surface area contributed by atoms with E-state index in [4.69, 9.17) is 0 Å². The molecule has 0 aliphatic carbocycles. The van der Waals surface area contributed by atoms with E-state index in [1.54, 1.807) is 6.07 Å². The first kappa shape index (κ1) is 12.7. The average molecular weight is 253 g/mol. The van der Waals surface area contributed by atoms with Crippen LogP contribution in [0.3, 0.4) is 0 Å². The summed E-state index contributed by atoms with van der Waals surface area (Å²) in [6.45, 7) is 6.43. The number of thioether (sulfide) groups is 1. The Morgan fingerprint density at radius 2 is 2.18 bits per heavy atom. The lowest BCUT2D eigenvalue weighted by atomic mass is 9.82. The number of hydrogen-bond donors (Lipinski definition) is 1. The number of anilines is 1. The minimum atomic E-state index is -0.142. The van der Waals surface area contributed by atoms with Crippen molar-refractivity contribution in [1.29, 1.82) is 0 Å². The van der Waals surface area contributed by atoms with E-state index in [0.29, 0.717) is 11.7 Å². The molecule has 0 aromatic heterocycles. The van der Waals surface area contributed by atoms with Gasteiger partial charge in [-0.2, -0.15) is 11.8 Å². The van der Waals surface area contributed by atoms with Crippen molar-refractivity contribution in [3.8, 4) is 0 Å². The fourth-order valence-corrected chi connectivity index (χ4v) is 3.71. The minimum absolute atomic E-state index is 0.142. The summed E-state index contributed by atoms with van der Waals surface area (Å²) in [6.07, 6.45) is 1.18. The zero-order valence-corrected chi connectivity index (χ0v) is 11.5. The maximum absolute atomic E-state index is 13.8. The molecule has 0 bridgehead atoms. The number of benzene rings is 1. The summed E-state index contributed by atoms with van der Waals surface area (Å²) in [5, 5.41) is 3.37. The van der Waals surface area contributed by atoms with Crippen LogP contribution in [-0.4, -0.2) is 17.5 Å². The van der Waals surface area contributed by atoms with Crippen LogP contribution >= 0.6 is 11.8 Å². The third-order valence-electron chi connectivity index (χ3n) is 3.57. The second-order valence-corrected chi connectivity index (χ2v) is 6.64. The fraction of sp³-hybridized carbons (Fsp3) is 0.571. The largest absolute Gasteiger partial charge is 0.379 e. The molecule has 0 saturated carbocycles. The first-order chi connectivity index (χ1) is 7.99. The second-order valence-electron chi connectivity index (χ2n) is 5.49. The molecule has 2 rings (SSSR count). The Labute approximate surface area is 107 Å². The van der Waals surface area contributed by atoms with Gasteiger partial charge in [0, 0.05) is 11.8 Å². The van der Waals surface area contributed by atoms with Gasteiger partial charge in [-0.25, -0.2) is 4.39 Å². The van der Waals surface area contributed by atoms with Crippen molar-refractivity contribution in [3.05, 3.63) is 29.6 Å². The smallest absolute Gasteiger partial charge is 0.146 e. The van der Waals surface area contributed by atoms with Crippen LogP contribution < -0.4 is 5.32 Å². The van der Waals surface area contributed by atoms with Gasteiger partial charge in [0.1, 0.15) is 5.82 Å². The number of hydrogen-bond acceptors (Lipinski definition) is 2. The molecule has 1 atom stereocenters. The van der Waals surface area contributed by atoms with Gasteiger partial charge in [-0.05, 0) is 42.2 Å². The minimum Gasteiger partial charge on any atom is -0.379 e. The zero-order chi connectivity index (χ0) is 12.5. The molecule has 1 aliphatic rings. The standard InChI is InChI=1S/C14H20FNS/c1-10-4-5-12(11(15)8-10)16-13-9-17-7-6-14(13,2)3/h4-5,8,13,16H,6-7,9H2,1-3H3. The number of rotatable bonds is 2. The monoisotopic (exact) mass is 253 g/mol. The SMILES string of the molecule is Cc1ccc(NC2CSCCC2(C)C)c(F)c1. The van der Waals surface area contributed by atoms with E-state index in [9.17, 15) is 4.39 Å². The van der Waals surface area contributed by atoms with Crippen LogP contribution in [0.1, 0.15) is 25.8 Å². The van der Waals surface area contributed by atoms with E-state index in [2.05, 4.69) is 19.2 Å². The van der Waals surface area contributed by atoms with E-state index in [-0.39, 0.29) is 11.2 Å². The van der Waals surface area contributed by atoms with Crippen molar-refractivity contribution in [2.75, 3.05) is 16.8 Å². The summed E-state index contributed by atoms with van der Waals surface area (Å²) in [5.41, 5.74) is 1.84. The predicted octanol–water partition coefficient (Wildman–Crippen LogP) is 4.08. The lowest BCUT2D eigenvalue weighted by Crippen LogP contribution is -2.41. The molecule has 1 aromatic carbocycles. The van der Waals surface area contributed by atoms with Crippen molar-refractivity contribution in [2.24, 2.45) is 5.41 Å². The molecule has 3 heteroatoms. The molecular formula is C14H20FNS. The van der Waals surface area contributed by atoms with Crippen molar-refractivity contribution in [3.63, 3.8) is 0 Å². The van der Waals surface area contributed by atoms with Crippen LogP contribution in [0, 0.1) is 18.2 Å². The van der Waals surface area contributed by atoms with Crippen molar-refractivity contribution in [1.82, 2.24) is 0 Å². The summed E-state index contributed by atoms with van der Waals surface area (Å²) in [4.78, 5) is 0. The van der Waals surface area contributed by atoms with Crippen molar-refractivity contribution < 1.29 is 4.39 Å². The van der Waals surface area contributed by atoms with Crippen LogP contribution in [0.15, 0.2) is 18.2 Å². The fourth-order valence-electron chi connectivity index (χ4n) is 2.10. The summed E-state index contributed by atoms with van der Waals surface area (Å²) in [5.74, 6) is 2.12. The number of halogens is 1. The lowest BCUT2D eigenvalue weighted by molar-refractivity contribution is 0.304. The molecule has 1 heterocycles. The molecule has 1 saturated heterocycles. The maximum atomic E-state index is 13.8. The molecule has 0 spiro atoms. The Hall–Kier alpha value is -0.700. The van der Waals surface area contributed by atoms with Crippen LogP contribution in [-0.2, 0) is 0 Å². The highest BCUT2D eigenvalue weighted by molar-refractivity contribution is 7.99. The molecular weight excluding hydrogens is 233 g/mol. The average Bonchev–Trinajstić information content (AvgIpc) is 2.24. The van der Waals surface area contributed by atoms with Gasteiger partial charge in [0.15, 0.2) is 0 Å². The third kappa shape index (κ3) is 2.95. The molecule has 1 unspecified atom stereocenters. The van der Waals surface area contributed by atoms with Crippen molar-refractivity contribution >= 4 is 17.4 Å². The predicted molar refractivity (Wildman–Crippen MR) is 74.3 cm³/mol. The Morgan fingerprint density at radius 1 is 1.41 bits per heavy atom.